The van der Waals surface area contributed by atoms with Gasteiger partial charge in [-0.15, -0.1) is 47.0 Å². The topological polar surface area (TPSA) is 0 Å². The van der Waals surface area contributed by atoms with E-state index in [1.165, 1.54) is 10.2 Å². The smallest absolute Gasteiger partial charge is 0.0974 e. The summed E-state index contributed by atoms with van der Waals surface area (Å²) in [5.74, 6) is 0. The second-order valence-electron chi connectivity index (χ2n) is 2.25. The number of thioether (sulfide) groups is 4. The average Bonchev–Trinajstić information content (AvgIpc) is 1.88. The minimum Gasteiger partial charge on any atom is -0.140 e. The van der Waals surface area contributed by atoms with Crippen LogP contribution in [0.25, 0.3) is 0 Å². The summed E-state index contributed by atoms with van der Waals surface area (Å²) in [6, 6.07) is 0. The Balaban J connectivity index is 2.13. The molecule has 0 unspecified atom stereocenters. The Labute approximate surface area is 80.1 Å². The Hall–Kier alpha value is 1.40. The van der Waals surface area contributed by atoms with Crippen molar-refractivity contribution in [2.45, 2.75) is 23.0 Å². The van der Waals surface area contributed by atoms with Gasteiger partial charge in [0.25, 0.3) is 0 Å². The Bertz CT molecular complexity index is 87.7. The van der Waals surface area contributed by atoms with Crippen molar-refractivity contribution < 1.29 is 0 Å². The van der Waals surface area contributed by atoms with Crippen LogP contribution in [0.4, 0.5) is 0 Å². The summed E-state index contributed by atoms with van der Waals surface area (Å²) in [7, 11) is 0. The maximum atomic E-state index is 2.27. The highest BCUT2D eigenvalue weighted by atomic mass is 32.3. The highest BCUT2D eigenvalue weighted by Gasteiger charge is 2.15. The molecular weight excluding hydrogens is 200 g/mol. The third kappa shape index (κ3) is 3.69. The minimum atomic E-state index is 0.785. The Morgan fingerprint density at radius 3 is 2.40 bits per heavy atom. The molecule has 0 aliphatic carbocycles. The molecule has 1 saturated heterocycles. The first-order valence-corrected chi connectivity index (χ1v) is 7.45. The van der Waals surface area contributed by atoms with E-state index >= 15 is 0 Å². The average molecular weight is 212 g/mol. The fourth-order valence-electron chi connectivity index (χ4n) is 0.590. The Kier molecular flexibility index (Phi) is 4.86. The molecule has 0 aromatic rings. The van der Waals surface area contributed by atoms with E-state index in [1.54, 1.807) is 0 Å². The van der Waals surface area contributed by atoms with Crippen molar-refractivity contribution in [3.8, 4) is 0 Å². The molecule has 0 saturated carbocycles. The van der Waals surface area contributed by atoms with E-state index in [2.05, 4.69) is 49.1 Å². The van der Waals surface area contributed by atoms with Gasteiger partial charge in [-0.1, -0.05) is 13.8 Å². The van der Waals surface area contributed by atoms with Crippen LogP contribution in [0, 0.1) is 0 Å². The summed E-state index contributed by atoms with van der Waals surface area (Å²) >= 11 is 8.29. The molecule has 0 nitrogen and oxygen atoms in total. The molecule has 10 heavy (non-hydrogen) atoms. The first-order valence-electron chi connectivity index (χ1n) is 3.25. The predicted molar refractivity (Wildman–Crippen MR) is 59.0 cm³/mol. The van der Waals surface area contributed by atoms with E-state index in [1.807, 2.05) is 11.8 Å². The van der Waals surface area contributed by atoms with Gasteiger partial charge in [-0.3, -0.25) is 0 Å². The third-order valence-electron chi connectivity index (χ3n) is 0.958. The molecule has 1 heterocycles. The van der Waals surface area contributed by atoms with E-state index in [-0.39, 0.29) is 0 Å². The Morgan fingerprint density at radius 2 is 1.90 bits per heavy atom. The quantitative estimate of drug-likeness (QED) is 0.686. The van der Waals surface area contributed by atoms with Gasteiger partial charge in [-0.25, -0.2) is 0 Å². The molecular formula is C6H12S4. The number of hydrogen-bond donors (Lipinski definition) is 0. The molecule has 0 amide bonds. The second kappa shape index (κ2) is 5.12. The Morgan fingerprint density at radius 1 is 1.30 bits per heavy atom. The summed E-state index contributed by atoms with van der Waals surface area (Å²) in [6.07, 6.45) is 0. The van der Waals surface area contributed by atoms with Crippen LogP contribution in [-0.4, -0.2) is 19.3 Å². The molecule has 0 N–H and O–H groups in total. The number of rotatable bonds is 2. The van der Waals surface area contributed by atoms with Crippen molar-refractivity contribution in [1.82, 2.24) is 0 Å². The molecule has 0 bridgehead atoms. The van der Waals surface area contributed by atoms with Gasteiger partial charge in [-0.05, 0) is 0 Å². The highest BCUT2D eigenvalue weighted by molar-refractivity contribution is 8.40. The van der Waals surface area contributed by atoms with Crippen LogP contribution in [-0.2, 0) is 0 Å². The molecule has 1 aliphatic rings. The van der Waals surface area contributed by atoms with Crippen LogP contribution in [0.3, 0.4) is 0 Å². The van der Waals surface area contributed by atoms with E-state index in [9.17, 15) is 0 Å². The lowest BCUT2D eigenvalue weighted by atomic mass is 10.6. The molecule has 1 fully saturated rings. The zero-order valence-corrected chi connectivity index (χ0v) is 9.47. The van der Waals surface area contributed by atoms with Crippen molar-refractivity contribution in [3.63, 3.8) is 0 Å². The van der Waals surface area contributed by atoms with Gasteiger partial charge in [-0.2, -0.15) is 0 Å². The summed E-state index contributed by atoms with van der Waals surface area (Å²) in [4.78, 5) is 0. The van der Waals surface area contributed by atoms with Crippen molar-refractivity contribution in [1.29, 1.82) is 0 Å². The van der Waals surface area contributed by atoms with Gasteiger partial charge in [0, 0.05) is 15.4 Å². The van der Waals surface area contributed by atoms with Crippen LogP contribution in [0.15, 0.2) is 0 Å². The third-order valence-corrected chi connectivity index (χ3v) is 6.99. The van der Waals surface area contributed by atoms with Crippen LogP contribution in [0.1, 0.15) is 13.8 Å². The predicted octanol–water partition coefficient (Wildman–Crippen LogP) is 3.54. The van der Waals surface area contributed by atoms with E-state index in [0.717, 1.165) is 9.16 Å². The van der Waals surface area contributed by atoms with Crippen molar-refractivity contribution >= 4 is 47.0 Å². The molecule has 60 valence electrons. The lowest BCUT2D eigenvalue weighted by Gasteiger charge is -2.21. The molecule has 0 aromatic heterocycles. The van der Waals surface area contributed by atoms with Crippen molar-refractivity contribution in [2.24, 2.45) is 0 Å². The van der Waals surface area contributed by atoms with E-state index in [4.69, 9.17) is 0 Å². The first-order chi connectivity index (χ1) is 4.79. The second-order valence-corrected chi connectivity index (χ2v) is 8.73. The molecule has 0 radical (unpaired) electrons. The monoisotopic (exact) mass is 212 g/mol. The summed E-state index contributed by atoms with van der Waals surface area (Å²) in [6.45, 7) is 4.54. The lowest BCUT2D eigenvalue weighted by molar-refractivity contribution is 1.12. The highest BCUT2D eigenvalue weighted by Crippen LogP contribution is 2.43. The molecule has 4 heteroatoms. The van der Waals surface area contributed by atoms with Crippen LogP contribution in [0.2, 0.25) is 0 Å². The normalized spacial score (nSPS) is 21.9. The molecule has 0 aromatic carbocycles. The maximum Gasteiger partial charge on any atom is 0.0974 e. The van der Waals surface area contributed by atoms with Crippen LogP contribution in [0.5, 0.6) is 0 Å². The van der Waals surface area contributed by atoms with Gasteiger partial charge in [0.2, 0.25) is 0 Å². The molecule has 0 spiro atoms. The van der Waals surface area contributed by atoms with E-state index < -0.39 is 0 Å². The first kappa shape index (κ1) is 9.49. The zero-order valence-electron chi connectivity index (χ0n) is 6.20. The summed E-state index contributed by atoms with van der Waals surface area (Å²) in [5.41, 5.74) is 0. The van der Waals surface area contributed by atoms with Crippen LogP contribution >= 0.6 is 47.0 Å². The van der Waals surface area contributed by atoms with Crippen molar-refractivity contribution in [2.75, 3.05) is 10.2 Å². The SMILES string of the molecule is CC(C)SC1SCSCS1. The number of hydrogen-bond acceptors (Lipinski definition) is 4. The zero-order chi connectivity index (χ0) is 7.40. The minimum absolute atomic E-state index is 0.785. The fourth-order valence-corrected chi connectivity index (χ4v) is 7.92. The summed E-state index contributed by atoms with van der Waals surface area (Å²) < 4.78 is 0.807. The van der Waals surface area contributed by atoms with Crippen molar-refractivity contribution in [3.05, 3.63) is 0 Å². The lowest BCUT2D eigenvalue weighted by Crippen LogP contribution is -2.02. The standard InChI is InChI=1S/C6H12S4/c1-5(2)10-6-8-3-7-4-9-6/h5-6H,3-4H2,1-2H3. The summed E-state index contributed by atoms with van der Waals surface area (Å²) in [5, 5.41) is 3.36. The van der Waals surface area contributed by atoms with Gasteiger partial charge in [0.15, 0.2) is 0 Å². The molecule has 1 rings (SSSR count). The van der Waals surface area contributed by atoms with E-state index in [0.29, 0.717) is 0 Å². The van der Waals surface area contributed by atoms with Gasteiger partial charge in [0.1, 0.15) is 0 Å². The van der Waals surface area contributed by atoms with Crippen LogP contribution < -0.4 is 0 Å². The van der Waals surface area contributed by atoms with Gasteiger partial charge in [0.05, 0.1) is 3.91 Å². The molecule has 0 atom stereocenters. The van der Waals surface area contributed by atoms with Gasteiger partial charge >= 0.3 is 0 Å². The largest absolute Gasteiger partial charge is 0.140 e. The molecule has 1 aliphatic heterocycles. The van der Waals surface area contributed by atoms with Gasteiger partial charge < -0.3 is 0 Å². The maximum absolute atomic E-state index is 2.27. The fraction of sp³-hybridized carbons (Fsp3) is 1.00.